The maximum Gasteiger partial charge on any atom is 0.266 e. The summed E-state index contributed by atoms with van der Waals surface area (Å²) >= 11 is 0. The molecule has 2 aliphatic rings. The van der Waals surface area contributed by atoms with Gasteiger partial charge in [-0.3, -0.25) is 0 Å². The number of anilines is 1. The molecule has 122 valence electrons. The Balaban J connectivity index is 1.61. The van der Waals surface area contributed by atoms with E-state index in [4.69, 9.17) is 9.26 Å². The SMILES string of the molecule is CC1(C)CN(c2noc(-c3ccccc3)n2)CC2(CCCC2)O1. The van der Waals surface area contributed by atoms with Crippen LogP contribution in [0.4, 0.5) is 5.95 Å². The van der Waals surface area contributed by atoms with Gasteiger partial charge in [0.05, 0.1) is 17.7 Å². The monoisotopic (exact) mass is 313 g/mol. The van der Waals surface area contributed by atoms with Gasteiger partial charge in [-0.1, -0.05) is 31.0 Å². The first-order chi connectivity index (χ1) is 11.1. The lowest BCUT2D eigenvalue weighted by Gasteiger charge is -2.48. The third-order valence-electron chi connectivity index (χ3n) is 4.78. The highest BCUT2D eigenvalue weighted by molar-refractivity contribution is 5.54. The lowest BCUT2D eigenvalue weighted by Crippen LogP contribution is -2.59. The second-order valence-corrected chi connectivity index (χ2v) is 7.37. The van der Waals surface area contributed by atoms with Gasteiger partial charge in [-0.25, -0.2) is 0 Å². The van der Waals surface area contributed by atoms with E-state index in [-0.39, 0.29) is 11.2 Å². The van der Waals surface area contributed by atoms with Crippen molar-refractivity contribution in [2.75, 3.05) is 18.0 Å². The second-order valence-electron chi connectivity index (χ2n) is 7.37. The molecule has 23 heavy (non-hydrogen) atoms. The largest absolute Gasteiger partial charge is 0.365 e. The molecule has 5 nitrogen and oxygen atoms in total. The fourth-order valence-corrected chi connectivity index (χ4v) is 3.98. The highest BCUT2D eigenvalue weighted by Gasteiger charge is 2.46. The molecule has 1 aromatic heterocycles. The van der Waals surface area contributed by atoms with Crippen LogP contribution < -0.4 is 4.90 Å². The van der Waals surface area contributed by atoms with Gasteiger partial charge in [0, 0.05) is 12.1 Å². The van der Waals surface area contributed by atoms with E-state index in [1.807, 2.05) is 30.3 Å². The Kier molecular flexibility index (Phi) is 3.41. The molecular weight excluding hydrogens is 290 g/mol. The summed E-state index contributed by atoms with van der Waals surface area (Å²) in [7, 11) is 0. The van der Waals surface area contributed by atoms with Crippen molar-refractivity contribution in [3.8, 4) is 11.5 Å². The fraction of sp³-hybridized carbons (Fsp3) is 0.556. The zero-order valence-corrected chi connectivity index (χ0v) is 13.8. The average Bonchev–Trinajstić information content (AvgIpc) is 3.16. The molecule has 0 unspecified atom stereocenters. The summed E-state index contributed by atoms with van der Waals surface area (Å²) < 4.78 is 11.9. The first kappa shape index (κ1) is 14.7. The molecule has 1 aliphatic heterocycles. The Labute approximate surface area is 136 Å². The Morgan fingerprint density at radius 2 is 1.78 bits per heavy atom. The van der Waals surface area contributed by atoms with Crippen LogP contribution in [0.15, 0.2) is 34.9 Å². The van der Waals surface area contributed by atoms with Gasteiger partial charge < -0.3 is 14.2 Å². The maximum absolute atomic E-state index is 6.44. The Morgan fingerprint density at radius 1 is 1.04 bits per heavy atom. The minimum atomic E-state index is -0.198. The summed E-state index contributed by atoms with van der Waals surface area (Å²) in [5.74, 6) is 1.25. The van der Waals surface area contributed by atoms with E-state index in [2.05, 4.69) is 28.9 Å². The van der Waals surface area contributed by atoms with Crippen molar-refractivity contribution < 1.29 is 9.26 Å². The molecule has 4 rings (SSSR count). The third kappa shape index (κ3) is 2.85. The van der Waals surface area contributed by atoms with Crippen LogP contribution in [0.5, 0.6) is 0 Å². The Morgan fingerprint density at radius 3 is 2.52 bits per heavy atom. The van der Waals surface area contributed by atoms with Crippen molar-refractivity contribution >= 4 is 5.95 Å². The number of nitrogens with zero attached hydrogens (tertiary/aromatic N) is 3. The number of benzene rings is 1. The van der Waals surface area contributed by atoms with E-state index in [1.54, 1.807) is 0 Å². The molecule has 1 saturated carbocycles. The predicted molar refractivity (Wildman–Crippen MR) is 88.3 cm³/mol. The highest BCUT2D eigenvalue weighted by atomic mass is 16.5. The number of ether oxygens (including phenoxy) is 1. The average molecular weight is 313 g/mol. The lowest BCUT2D eigenvalue weighted by molar-refractivity contribution is -0.148. The predicted octanol–water partition coefficient (Wildman–Crippen LogP) is 3.66. The number of hydrogen-bond acceptors (Lipinski definition) is 5. The summed E-state index contributed by atoms with van der Waals surface area (Å²) in [6, 6.07) is 9.91. The molecule has 2 fully saturated rings. The van der Waals surface area contributed by atoms with E-state index in [1.165, 1.54) is 12.8 Å². The molecule has 2 aromatic rings. The lowest BCUT2D eigenvalue weighted by atomic mass is 9.94. The van der Waals surface area contributed by atoms with Crippen LogP contribution >= 0.6 is 0 Å². The highest BCUT2D eigenvalue weighted by Crippen LogP contribution is 2.41. The van der Waals surface area contributed by atoms with Gasteiger partial charge in [0.25, 0.3) is 11.8 Å². The van der Waals surface area contributed by atoms with Gasteiger partial charge in [0.1, 0.15) is 0 Å². The van der Waals surface area contributed by atoms with E-state index >= 15 is 0 Å². The van der Waals surface area contributed by atoms with Crippen molar-refractivity contribution in [2.45, 2.75) is 50.7 Å². The van der Waals surface area contributed by atoms with Crippen LogP contribution in [0, 0.1) is 0 Å². The second kappa shape index (κ2) is 5.34. The first-order valence-electron chi connectivity index (χ1n) is 8.40. The normalized spacial score (nSPS) is 22.6. The van der Waals surface area contributed by atoms with Crippen molar-refractivity contribution in [2.24, 2.45) is 0 Å². The molecule has 1 spiro atoms. The molecule has 1 aromatic carbocycles. The van der Waals surface area contributed by atoms with E-state index < -0.39 is 0 Å². The summed E-state index contributed by atoms with van der Waals surface area (Å²) in [5, 5.41) is 4.22. The number of aromatic nitrogens is 2. The minimum absolute atomic E-state index is 0.0463. The van der Waals surface area contributed by atoms with Gasteiger partial charge >= 0.3 is 0 Å². The van der Waals surface area contributed by atoms with E-state index in [0.29, 0.717) is 11.8 Å². The number of rotatable bonds is 2. The molecule has 5 heteroatoms. The zero-order chi connectivity index (χ0) is 15.9. The summed E-state index contributed by atoms with van der Waals surface area (Å²) in [5.41, 5.74) is 0.708. The number of hydrogen-bond donors (Lipinski definition) is 0. The van der Waals surface area contributed by atoms with Crippen molar-refractivity contribution in [1.29, 1.82) is 0 Å². The van der Waals surface area contributed by atoms with Gasteiger partial charge in [0.15, 0.2) is 0 Å². The molecule has 1 aliphatic carbocycles. The molecule has 0 bridgehead atoms. The van der Waals surface area contributed by atoms with Crippen LogP contribution in [0.1, 0.15) is 39.5 Å². The van der Waals surface area contributed by atoms with Crippen LogP contribution in [0.2, 0.25) is 0 Å². The van der Waals surface area contributed by atoms with Gasteiger partial charge in [-0.2, -0.15) is 4.98 Å². The van der Waals surface area contributed by atoms with Crippen molar-refractivity contribution in [3.63, 3.8) is 0 Å². The minimum Gasteiger partial charge on any atom is -0.365 e. The third-order valence-corrected chi connectivity index (χ3v) is 4.78. The molecule has 0 amide bonds. The molecular formula is C18H23N3O2. The Hall–Kier alpha value is -1.88. The maximum atomic E-state index is 6.44. The van der Waals surface area contributed by atoms with Crippen molar-refractivity contribution in [3.05, 3.63) is 30.3 Å². The quantitative estimate of drug-likeness (QED) is 0.847. The fourth-order valence-electron chi connectivity index (χ4n) is 3.98. The molecule has 2 heterocycles. The summed E-state index contributed by atoms with van der Waals surface area (Å²) in [6.45, 7) is 5.93. The van der Waals surface area contributed by atoms with E-state index in [9.17, 15) is 0 Å². The van der Waals surface area contributed by atoms with Crippen LogP contribution in [0.3, 0.4) is 0 Å². The Bertz CT molecular complexity index is 675. The smallest absolute Gasteiger partial charge is 0.266 e. The van der Waals surface area contributed by atoms with Crippen LogP contribution in [-0.2, 0) is 4.74 Å². The van der Waals surface area contributed by atoms with Gasteiger partial charge in [0.2, 0.25) is 0 Å². The topological polar surface area (TPSA) is 51.4 Å². The van der Waals surface area contributed by atoms with Gasteiger partial charge in [-0.05, 0) is 44.0 Å². The summed E-state index contributed by atoms with van der Waals surface area (Å²) in [6.07, 6.45) is 4.73. The molecule has 1 saturated heterocycles. The standard InChI is InChI=1S/C18H23N3O2/c1-17(2)12-21(13-18(23-17)10-6-7-11-18)16-19-15(22-20-16)14-8-4-3-5-9-14/h3-5,8-9H,6-7,10-13H2,1-2H3. The molecule has 0 atom stereocenters. The first-order valence-corrected chi connectivity index (χ1v) is 8.40. The molecule has 0 N–H and O–H groups in total. The zero-order valence-electron chi connectivity index (χ0n) is 13.8. The van der Waals surface area contributed by atoms with Gasteiger partial charge in [-0.15, -0.1) is 0 Å². The van der Waals surface area contributed by atoms with Crippen LogP contribution in [-0.4, -0.2) is 34.4 Å². The van der Waals surface area contributed by atoms with E-state index in [0.717, 1.165) is 31.5 Å². The van der Waals surface area contributed by atoms with Crippen molar-refractivity contribution in [1.82, 2.24) is 10.1 Å². The number of morpholine rings is 1. The summed E-state index contributed by atoms with van der Waals surface area (Å²) in [4.78, 5) is 6.84. The van der Waals surface area contributed by atoms with Crippen LogP contribution in [0.25, 0.3) is 11.5 Å². The molecule has 0 radical (unpaired) electrons.